The van der Waals surface area contributed by atoms with Gasteiger partial charge in [-0.3, -0.25) is 4.68 Å². The number of rotatable bonds is 4. The highest BCUT2D eigenvalue weighted by Crippen LogP contribution is 2.06. The largest absolute Gasteiger partial charge is 0.464 e. The molecule has 0 aliphatic rings. The number of ether oxygens (including phenoxy) is 1. The van der Waals surface area contributed by atoms with Crippen LogP contribution in [0.25, 0.3) is 0 Å². The summed E-state index contributed by atoms with van der Waals surface area (Å²) in [6.45, 7) is 2.21. The minimum absolute atomic E-state index is 0.229. The van der Waals surface area contributed by atoms with Crippen LogP contribution in [0, 0.1) is 0 Å². The summed E-state index contributed by atoms with van der Waals surface area (Å²) in [5.74, 6) is -0.490. The second kappa shape index (κ2) is 5.29. The highest BCUT2D eigenvalue weighted by atomic mass is 19.1. The Morgan fingerprint density at radius 2 is 2.47 bits per heavy atom. The van der Waals surface area contributed by atoms with Crippen molar-refractivity contribution in [2.24, 2.45) is 0 Å². The van der Waals surface area contributed by atoms with E-state index in [9.17, 15) is 9.18 Å². The molecule has 0 amide bonds. The monoisotopic (exact) mass is 212 g/mol. The van der Waals surface area contributed by atoms with Crippen molar-refractivity contribution in [3.8, 4) is 0 Å². The van der Waals surface area contributed by atoms with Gasteiger partial charge in [-0.05, 0) is 18.1 Å². The van der Waals surface area contributed by atoms with Crippen molar-refractivity contribution in [2.75, 3.05) is 7.11 Å². The first kappa shape index (κ1) is 11.4. The smallest absolute Gasteiger partial charge is 0.358 e. The molecule has 0 atom stereocenters. The molecule has 1 rings (SSSR count). The van der Waals surface area contributed by atoms with Crippen LogP contribution in [0.4, 0.5) is 4.39 Å². The summed E-state index contributed by atoms with van der Waals surface area (Å²) in [6, 6.07) is 1.54. The number of hydrogen-bond donors (Lipinski definition) is 0. The van der Waals surface area contributed by atoms with E-state index in [0.29, 0.717) is 24.9 Å². The first-order valence-corrected chi connectivity index (χ1v) is 4.61. The maximum absolute atomic E-state index is 12.3. The third-order valence-corrected chi connectivity index (χ3v) is 2.01. The molecule has 0 saturated heterocycles. The zero-order chi connectivity index (χ0) is 11.3. The molecule has 0 aromatic carbocycles. The van der Waals surface area contributed by atoms with Crippen LogP contribution in [0.1, 0.15) is 23.8 Å². The molecular weight excluding hydrogens is 199 g/mol. The number of halogens is 1. The van der Waals surface area contributed by atoms with Crippen molar-refractivity contribution in [3.05, 3.63) is 29.9 Å². The molecular formula is C10H13FN2O2. The zero-order valence-electron chi connectivity index (χ0n) is 8.74. The molecule has 1 heterocycles. The molecule has 82 valence electrons. The summed E-state index contributed by atoms with van der Waals surface area (Å²) < 4.78 is 18.3. The maximum atomic E-state index is 12.3. The number of carbonyl (C=O) groups excluding carboxylic acids is 1. The Balaban J connectivity index is 2.72. The first-order valence-electron chi connectivity index (χ1n) is 4.61. The summed E-state index contributed by atoms with van der Waals surface area (Å²) in [6.07, 6.45) is 2.80. The predicted molar refractivity (Wildman–Crippen MR) is 53.0 cm³/mol. The van der Waals surface area contributed by atoms with Gasteiger partial charge >= 0.3 is 5.97 Å². The molecule has 15 heavy (non-hydrogen) atoms. The van der Waals surface area contributed by atoms with Crippen molar-refractivity contribution in [1.82, 2.24) is 9.78 Å². The van der Waals surface area contributed by atoms with Crippen molar-refractivity contribution >= 4 is 5.97 Å². The molecule has 0 radical (unpaired) electrons. The quantitative estimate of drug-likeness (QED) is 0.716. The van der Waals surface area contributed by atoms with Crippen LogP contribution >= 0.6 is 0 Å². The number of nitrogens with zero attached hydrogens (tertiary/aromatic N) is 2. The highest BCUT2D eigenvalue weighted by molar-refractivity contribution is 5.86. The molecule has 0 bridgehead atoms. The SMILES string of the molecule is CC/C(=C\F)Cn1ccc(C(=O)OC)n1. The third kappa shape index (κ3) is 2.90. The van der Waals surface area contributed by atoms with Crippen LogP contribution in [0.15, 0.2) is 24.2 Å². The van der Waals surface area contributed by atoms with Crippen molar-refractivity contribution < 1.29 is 13.9 Å². The fraction of sp³-hybridized carbons (Fsp3) is 0.400. The van der Waals surface area contributed by atoms with Gasteiger partial charge in [0.15, 0.2) is 5.69 Å². The third-order valence-electron chi connectivity index (χ3n) is 2.01. The lowest BCUT2D eigenvalue weighted by atomic mass is 10.2. The van der Waals surface area contributed by atoms with E-state index >= 15 is 0 Å². The lowest BCUT2D eigenvalue weighted by Crippen LogP contribution is -2.06. The van der Waals surface area contributed by atoms with Crippen LogP contribution < -0.4 is 0 Å². The highest BCUT2D eigenvalue weighted by Gasteiger charge is 2.09. The Morgan fingerprint density at radius 3 is 3.00 bits per heavy atom. The Morgan fingerprint density at radius 1 is 1.73 bits per heavy atom. The van der Waals surface area contributed by atoms with Gasteiger partial charge in [-0.1, -0.05) is 6.92 Å². The van der Waals surface area contributed by atoms with E-state index in [-0.39, 0.29) is 5.69 Å². The molecule has 5 heteroatoms. The van der Waals surface area contributed by atoms with Gasteiger partial charge in [-0.2, -0.15) is 5.10 Å². The average molecular weight is 212 g/mol. The minimum atomic E-state index is -0.490. The lowest BCUT2D eigenvalue weighted by molar-refractivity contribution is 0.0593. The summed E-state index contributed by atoms with van der Waals surface area (Å²) >= 11 is 0. The molecule has 0 aliphatic carbocycles. The van der Waals surface area contributed by atoms with Crippen LogP contribution in [0.5, 0.6) is 0 Å². The van der Waals surface area contributed by atoms with E-state index in [4.69, 9.17) is 0 Å². The van der Waals surface area contributed by atoms with E-state index in [1.54, 1.807) is 6.20 Å². The molecule has 0 unspecified atom stereocenters. The Bertz CT molecular complexity index is 371. The fourth-order valence-electron chi connectivity index (χ4n) is 1.09. The summed E-state index contributed by atoms with van der Waals surface area (Å²) in [7, 11) is 1.29. The molecule has 0 spiro atoms. The summed E-state index contributed by atoms with van der Waals surface area (Å²) in [5.41, 5.74) is 0.848. The van der Waals surface area contributed by atoms with E-state index in [2.05, 4.69) is 9.84 Å². The normalized spacial score (nSPS) is 11.5. The molecule has 0 fully saturated rings. The van der Waals surface area contributed by atoms with Gasteiger partial charge in [0.1, 0.15) is 0 Å². The van der Waals surface area contributed by atoms with Crippen LogP contribution in [-0.2, 0) is 11.3 Å². The molecule has 1 aromatic rings. The second-order valence-electron chi connectivity index (χ2n) is 3.01. The Labute approximate surface area is 87.3 Å². The van der Waals surface area contributed by atoms with E-state index < -0.39 is 5.97 Å². The van der Waals surface area contributed by atoms with Gasteiger partial charge in [0, 0.05) is 6.20 Å². The summed E-state index contributed by atoms with van der Waals surface area (Å²) in [5, 5.41) is 3.95. The molecule has 0 aliphatic heterocycles. The first-order chi connectivity index (χ1) is 7.21. The maximum Gasteiger partial charge on any atom is 0.358 e. The molecule has 1 aromatic heterocycles. The number of carbonyl (C=O) groups is 1. The predicted octanol–water partition coefficient (Wildman–Crippen LogP) is 1.93. The molecule has 4 nitrogen and oxygen atoms in total. The topological polar surface area (TPSA) is 44.1 Å². The van der Waals surface area contributed by atoms with Crippen molar-refractivity contribution in [2.45, 2.75) is 19.9 Å². The van der Waals surface area contributed by atoms with E-state index in [1.807, 2.05) is 6.92 Å². The molecule has 0 saturated carbocycles. The van der Waals surface area contributed by atoms with Gasteiger partial charge in [0.2, 0.25) is 0 Å². The second-order valence-corrected chi connectivity index (χ2v) is 3.01. The van der Waals surface area contributed by atoms with Gasteiger partial charge in [0.25, 0.3) is 0 Å². The number of aromatic nitrogens is 2. The van der Waals surface area contributed by atoms with Gasteiger partial charge in [-0.15, -0.1) is 0 Å². The van der Waals surface area contributed by atoms with E-state index in [0.717, 1.165) is 0 Å². The van der Waals surface area contributed by atoms with Gasteiger partial charge < -0.3 is 4.74 Å². The van der Waals surface area contributed by atoms with Gasteiger partial charge in [0.05, 0.1) is 20.0 Å². The minimum Gasteiger partial charge on any atom is -0.464 e. The standard InChI is InChI=1S/C10H13FN2O2/c1-3-8(6-11)7-13-5-4-9(12-13)10(14)15-2/h4-6H,3,7H2,1-2H3/b8-6+. The number of hydrogen-bond acceptors (Lipinski definition) is 3. The van der Waals surface area contributed by atoms with Crippen LogP contribution in [0.3, 0.4) is 0 Å². The lowest BCUT2D eigenvalue weighted by Gasteiger charge is -2.02. The number of allylic oxidation sites excluding steroid dienone is 1. The number of esters is 1. The average Bonchev–Trinajstić information content (AvgIpc) is 2.73. The summed E-state index contributed by atoms with van der Waals surface area (Å²) in [4.78, 5) is 11.1. The van der Waals surface area contributed by atoms with E-state index in [1.165, 1.54) is 17.9 Å². The van der Waals surface area contributed by atoms with Gasteiger partial charge in [-0.25, -0.2) is 9.18 Å². The fourth-order valence-corrected chi connectivity index (χ4v) is 1.09. The van der Waals surface area contributed by atoms with Crippen molar-refractivity contribution in [3.63, 3.8) is 0 Å². The number of methoxy groups -OCH3 is 1. The zero-order valence-corrected chi connectivity index (χ0v) is 8.74. The van der Waals surface area contributed by atoms with Crippen LogP contribution in [-0.4, -0.2) is 22.9 Å². The van der Waals surface area contributed by atoms with Crippen LogP contribution in [0.2, 0.25) is 0 Å². The molecule has 0 N–H and O–H groups in total. The Kier molecular flexibility index (Phi) is 4.03. The van der Waals surface area contributed by atoms with Crippen molar-refractivity contribution in [1.29, 1.82) is 0 Å². The Hall–Kier alpha value is -1.65.